The first-order chi connectivity index (χ1) is 20.2. The van der Waals surface area contributed by atoms with Gasteiger partial charge >= 0.3 is 24.1 Å². The van der Waals surface area contributed by atoms with E-state index in [4.69, 9.17) is 0 Å². The molecule has 1 unspecified atom stereocenters. The van der Waals surface area contributed by atoms with E-state index in [-0.39, 0.29) is 60.9 Å². The summed E-state index contributed by atoms with van der Waals surface area (Å²) in [5.41, 5.74) is -3.03. The van der Waals surface area contributed by atoms with Crippen molar-refractivity contribution in [2.75, 3.05) is 18.1 Å². The lowest BCUT2D eigenvalue weighted by Crippen LogP contribution is -2.57. The SMILES string of the molecule is O=C(NNC1CCS(=O)(=O)C1)N1CC[C@@]2(S(=O)(=O)c3ccc(F)cc3)c3ccc(C(F)(C(F)(F)F)C(F)(F)F)cc3CC[C@@H]12. The Bertz CT molecular complexity index is 1670. The van der Waals surface area contributed by atoms with Crippen LogP contribution in [0.15, 0.2) is 47.4 Å². The summed E-state index contributed by atoms with van der Waals surface area (Å²) in [4.78, 5) is 14.0. The number of aryl methyl sites for hydroxylation is 1. The van der Waals surface area contributed by atoms with Gasteiger partial charge in [0, 0.05) is 18.2 Å². The highest BCUT2D eigenvalue weighted by atomic mass is 32.2. The van der Waals surface area contributed by atoms with Crippen LogP contribution in [0.1, 0.15) is 36.0 Å². The molecule has 0 bridgehead atoms. The van der Waals surface area contributed by atoms with Crippen molar-refractivity contribution in [2.24, 2.45) is 0 Å². The van der Waals surface area contributed by atoms with Crippen molar-refractivity contribution in [1.29, 1.82) is 0 Å². The van der Waals surface area contributed by atoms with E-state index in [1.807, 2.05) is 0 Å². The highest BCUT2D eigenvalue weighted by Gasteiger charge is 2.74. The molecule has 8 nitrogen and oxygen atoms in total. The number of hydrogen-bond donors (Lipinski definition) is 2. The number of nitrogens with one attached hydrogen (secondary N) is 2. The van der Waals surface area contributed by atoms with Crippen molar-refractivity contribution >= 4 is 25.7 Å². The summed E-state index contributed by atoms with van der Waals surface area (Å²) in [5, 5.41) is 0. The van der Waals surface area contributed by atoms with Crippen LogP contribution in [-0.4, -0.2) is 70.3 Å². The predicted molar refractivity (Wildman–Crippen MR) is 139 cm³/mol. The van der Waals surface area contributed by atoms with Crippen LogP contribution in [0, 0.1) is 5.82 Å². The van der Waals surface area contributed by atoms with Gasteiger partial charge in [-0.25, -0.2) is 35.8 Å². The summed E-state index contributed by atoms with van der Waals surface area (Å²) in [6.45, 7) is -0.235. The number of rotatable bonds is 5. The van der Waals surface area contributed by atoms with Gasteiger partial charge in [0.15, 0.2) is 19.7 Å². The minimum absolute atomic E-state index is 0.104. The van der Waals surface area contributed by atoms with E-state index >= 15 is 0 Å². The molecule has 242 valence electrons. The van der Waals surface area contributed by atoms with Crippen LogP contribution in [0.4, 0.5) is 39.9 Å². The largest absolute Gasteiger partial charge is 0.435 e. The first-order valence-electron chi connectivity index (χ1n) is 13.2. The maximum Gasteiger partial charge on any atom is 0.435 e. The van der Waals surface area contributed by atoms with Gasteiger partial charge in [-0.05, 0) is 61.1 Å². The van der Waals surface area contributed by atoms with Crippen LogP contribution < -0.4 is 10.9 Å². The number of benzene rings is 2. The predicted octanol–water partition coefficient (Wildman–Crippen LogP) is 4.21. The Balaban J connectivity index is 1.58. The average molecular weight is 676 g/mol. The molecule has 2 heterocycles. The van der Waals surface area contributed by atoms with E-state index < -0.39 is 76.8 Å². The Kier molecular flexibility index (Phi) is 7.76. The molecule has 2 amide bonds. The fourth-order valence-corrected chi connectivity index (χ4v) is 10.5. The Labute approximate surface area is 246 Å². The number of likely N-dealkylation sites (tertiary alicyclic amines) is 1. The number of halogens is 8. The summed E-state index contributed by atoms with van der Waals surface area (Å²) in [5.74, 6) is -1.13. The number of urea groups is 1. The lowest BCUT2D eigenvalue weighted by Gasteiger charge is -2.43. The number of carbonyl (C=O) groups is 1. The van der Waals surface area contributed by atoms with E-state index in [1.54, 1.807) is 0 Å². The van der Waals surface area contributed by atoms with Crippen molar-refractivity contribution in [3.05, 3.63) is 65.0 Å². The molecule has 0 saturated carbocycles. The minimum Gasteiger partial charge on any atom is -0.319 e. The van der Waals surface area contributed by atoms with Crippen molar-refractivity contribution in [3.8, 4) is 0 Å². The molecule has 3 aliphatic rings. The molecule has 2 aromatic carbocycles. The van der Waals surface area contributed by atoms with E-state index in [2.05, 4.69) is 10.9 Å². The smallest absolute Gasteiger partial charge is 0.319 e. The molecule has 3 atom stereocenters. The second-order valence-electron chi connectivity index (χ2n) is 11.0. The maximum atomic E-state index is 14.9. The molecule has 0 aromatic heterocycles. The molecule has 2 saturated heterocycles. The molecular formula is C26H25F8N3O5S2. The number of sulfone groups is 2. The standard InChI is InChI=1S/C26H25F8N3O5S2/c27-17-3-5-19(6-4-17)44(41,42)23-10-11-37(22(38)36-35-18-9-12-43(39,40)14-18)21(23)8-1-15-13-16(2-7-20(15)23)24(28,25(29,30)31)26(32,33)34/h2-7,13,18,21,35H,1,8-12,14H2,(H,36,38)/t18?,21-,23-/m1/s1. The first kappa shape index (κ1) is 32.4. The van der Waals surface area contributed by atoms with Gasteiger partial charge in [-0.15, -0.1) is 0 Å². The monoisotopic (exact) mass is 675 g/mol. The number of hydrogen-bond acceptors (Lipinski definition) is 6. The summed E-state index contributed by atoms with van der Waals surface area (Å²) < 4.78 is 160. The number of alkyl halides is 7. The van der Waals surface area contributed by atoms with Gasteiger partial charge < -0.3 is 4.90 Å². The quantitative estimate of drug-likeness (QED) is 0.279. The zero-order chi connectivity index (χ0) is 32.5. The van der Waals surface area contributed by atoms with Crippen LogP contribution in [0.3, 0.4) is 0 Å². The van der Waals surface area contributed by atoms with Gasteiger partial charge in [0.2, 0.25) is 0 Å². The molecule has 2 aromatic rings. The summed E-state index contributed by atoms with van der Waals surface area (Å²) >= 11 is 0. The minimum atomic E-state index is -6.39. The highest BCUT2D eigenvalue weighted by Crippen LogP contribution is 2.56. The third-order valence-electron chi connectivity index (χ3n) is 8.55. The van der Waals surface area contributed by atoms with E-state index in [0.29, 0.717) is 12.1 Å². The lowest BCUT2D eigenvalue weighted by atomic mass is 9.77. The van der Waals surface area contributed by atoms with Crippen molar-refractivity contribution in [1.82, 2.24) is 15.8 Å². The van der Waals surface area contributed by atoms with Gasteiger partial charge in [0.05, 0.1) is 22.4 Å². The Hall–Kier alpha value is -2.99. The zero-order valence-corrected chi connectivity index (χ0v) is 24.1. The van der Waals surface area contributed by atoms with Crippen molar-refractivity contribution in [2.45, 2.75) is 65.4 Å². The molecule has 0 spiro atoms. The van der Waals surface area contributed by atoms with Gasteiger partial charge in [0.1, 0.15) is 10.6 Å². The van der Waals surface area contributed by atoms with Crippen LogP contribution in [0.2, 0.25) is 0 Å². The van der Waals surface area contributed by atoms with E-state index in [0.717, 1.165) is 29.2 Å². The molecule has 2 aliphatic heterocycles. The number of fused-ring (bicyclic) bond motifs is 3. The number of hydrazine groups is 1. The van der Waals surface area contributed by atoms with Crippen LogP contribution >= 0.6 is 0 Å². The van der Waals surface area contributed by atoms with E-state index in [1.165, 1.54) is 0 Å². The van der Waals surface area contributed by atoms with Gasteiger partial charge in [-0.3, -0.25) is 5.43 Å². The van der Waals surface area contributed by atoms with Gasteiger partial charge in [-0.1, -0.05) is 18.2 Å². The molecule has 0 radical (unpaired) electrons. The zero-order valence-electron chi connectivity index (χ0n) is 22.5. The van der Waals surface area contributed by atoms with Crippen LogP contribution in [-0.2, 0) is 36.5 Å². The second kappa shape index (κ2) is 10.5. The highest BCUT2D eigenvalue weighted by molar-refractivity contribution is 7.92. The van der Waals surface area contributed by atoms with Crippen molar-refractivity contribution in [3.63, 3.8) is 0 Å². The number of nitrogens with zero attached hydrogens (tertiary/aromatic N) is 1. The fourth-order valence-electron chi connectivity index (χ4n) is 6.44. The molecular weight excluding hydrogens is 650 g/mol. The number of carbonyl (C=O) groups excluding carboxylic acids is 1. The third kappa shape index (κ3) is 5.02. The molecule has 2 fully saturated rings. The molecule has 5 rings (SSSR count). The molecule has 18 heteroatoms. The topological polar surface area (TPSA) is 113 Å². The second-order valence-corrected chi connectivity index (χ2v) is 15.5. The molecule has 1 aliphatic carbocycles. The Morgan fingerprint density at radius 3 is 2.16 bits per heavy atom. The van der Waals surface area contributed by atoms with Gasteiger partial charge in [0.25, 0.3) is 0 Å². The lowest BCUT2D eigenvalue weighted by molar-refractivity contribution is -0.348. The van der Waals surface area contributed by atoms with E-state index in [9.17, 15) is 56.8 Å². The third-order valence-corrected chi connectivity index (χ3v) is 12.9. The van der Waals surface area contributed by atoms with Gasteiger partial charge in [-0.2, -0.15) is 26.3 Å². The average Bonchev–Trinajstić information content (AvgIpc) is 3.50. The molecule has 2 N–H and O–H groups in total. The summed E-state index contributed by atoms with van der Waals surface area (Å²) in [6, 6.07) is 2.27. The van der Waals surface area contributed by atoms with Crippen LogP contribution in [0.5, 0.6) is 0 Å². The summed E-state index contributed by atoms with van der Waals surface area (Å²) in [6.07, 6.45) is -13.5. The first-order valence-corrected chi connectivity index (χ1v) is 16.5. The molecule has 44 heavy (non-hydrogen) atoms. The van der Waals surface area contributed by atoms with Crippen LogP contribution in [0.25, 0.3) is 0 Å². The Morgan fingerprint density at radius 1 is 0.955 bits per heavy atom. The normalized spacial score (nSPS) is 25.4. The number of amides is 2. The summed E-state index contributed by atoms with van der Waals surface area (Å²) in [7, 11) is -7.95. The fraction of sp³-hybridized carbons (Fsp3) is 0.500. The van der Waals surface area contributed by atoms with Crippen molar-refractivity contribution < 1.29 is 56.8 Å². The Morgan fingerprint density at radius 2 is 1.59 bits per heavy atom. The maximum absolute atomic E-state index is 14.9.